The number of nitrogens with one attached hydrogen (secondary N) is 1. The summed E-state index contributed by atoms with van der Waals surface area (Å²) in [6.07, 6.45) is 5.75. The van der Waals surface area contributed by atoms with Gasteiger partial charge >= 0.3 is 0 Å². The molecule has 3 unspecified atom stereocenters. The van der Waals surface area contributed by atoms with Gasteiger partial charge in [-0.1, -0.05) is 0 Å². The maximum atomic E-state index is 12.4. The molecule has 26 heavy (non-hydrogen) atoms. The molecule has 0 aromatic rings. The number of carbonyl (C=O) groups excluding carboxylic acids is 1. The quantitative estimate of drug-likeness (QED) is 0.731. The van der Waals surface area contributed by atoms with Gasteiger partial charge in [0.05, 0.1) is 0 Å². The van der Waals surface area contributed by atoms with Crippen molar-refractivity contribution in [2.75, 3.05) is 52.4 Å². The molecule has 7 heteroatoms. The van der Waals surface area contributed by atoms with E-state index >= 15 is 0 Å². The van der Waals surface area contributed by atoms with Crippen LogP contribution in [-0.2, 0) is 4.79 Å². The van der Waals surface area contributed by atoms with Gasteiger partial charge in [0.1, 0.15) is 0 Å². The second-order valence-electron chi connectivity index (χ2n) is 8.13. The molecule has 3 heterocycles. The smallest absolute Gasteiger partial charge is 0.222 e. The van der Waals surface area contributed by atoms with Crippen molar-refractivity contribution < 1.29 is 4.79 Å². The lowest BCUT2D eigenvalue weighted by Crippen LogP contribution is -2.50. The molecule has 154 valence electrons. The molecule has 0 saturated carbocycles. The molecule has 3 saturated heterocycles. The van der Waals surface area contributed by atoms with Gasteiger partial charge in [0.25, 0.3) is 0 Å². The van der Waals surface area contributed by atoms with Crippen molar-refractivity contribution in [1.82, 2.24) is 20.0 Å². The van der Waals surface area contributed by atoms with Gasteiger partial charge in [-0.2, -0.15) is 0 Å². The van der Waals surface area contributed by atoms with Crippen LogP contribution < -0.4 is 5.32 Å². The van der Waals surface area contributed by atoms with Gasteiger partial charge in [0.2, 0.25) is 5.91 Å². The van der Waals surface area contributed by atoms with Crippen LogP contribution in [0, 0.1) is 5.92 Å². The standard InChI is InChI=1S/C19H36N4O.2ClH/c1-16-3-4-17(2)23(16)14-11-21-9-12-22(13-10-21)19(24)6-5-18-7-8-20-15-18;;/h16-18,20H,3-15H2,1-2H3;2*1H. The Balaban J connectivity index is 0.00000169. The molecule has 1 N–H and O–H groups in total. The first-order chi connectivity index (χ1) is 11.6. The van der Waals surface area contributed by atoms with Crippen molar-refractivity contribution >= 4 is 30.7 Å². The summed E-state index contributed by atoms with van der Waals surface area (Å²) < 4.78 is 0. The maximum Gasteiger partial charge on any atom is 0.222 e. The van der Waals surface area contributed by atoms with Crippen LogP contribution in [0.5, 0.6) is 0 Å². The summed E-state index contributed by atoms with van der Waals surface area (Å²) in [4.78, 5) is 19.7. The Morgan fingerprint density at radius 1 is 0.962 bits per heavy atom. The third-order valence-corrected chi connectivity index (χ3v) is 6.46. The summed E-state index contributed by atoms with van der Waals surface area (Å²) in [6, 6.07) is 1.49. The monoisotopic (exact) mass is 408 g/mol. The Morgan fingerprint density at radius 2 is 1.62 bits per heavy atom. The van der Waals surface area contributed by atoms with Gasteiger partial charge in [-0.15, -0.1) is 24.8 Å². The van der Waals surface area contributed by atoms with Crippen molar-refractivity contribution in [3.63, 3.8) is 0 Å². The first-order valence-electron chi connectivity index (χ1n) is 10.1. The van der Waals surface area contributed by atoms with Crippen LogP contribution in [0.1, 0.15) is 46.0 Å². The molecule has 0 aromatic carbocycles. The lowest BCUT2D eigenvalue weighted by atomic mass is 10.0. The Hall–Kier alpha value is -0.0700. The highest BCUT2D eigenvalue weighted by molar-refractivity contribution is 5.85. The number of rotatable bonds is 6. The zero-order chi connectivity index (χ0) is 16.9. The highest BCUT2D eigenvalue weighted by Gasteiger charge is 2.28. The van der Waals surface area contributed by atoms with Crippen molar-refractivity contribution in [3.05, 3.63) is 0 Å². The van der Waals surface area contributed by atoms with E-state index in [4.69, 9.17) is 0 Å². The lowest BCUT2D eigenvalue weighted by molar-refractivity contribution is -0.133. The fourth-order valence-corrected chi connectivity index (χ4v) is 4.61. The molecule has 0 spiro atoms. The van der Waals surface area contributed by atoms with Crippen LogP contribution in [0.3, 0.4) is 0 Å². The number of hydrogen-bond acceptors (Lipinski definition) is 4. The molecular formula is C19H38Cl2N4O. The van der Waals surface area contributed by atoms with E-state index in [1.807, 2.05) is 0 Å². The second-order valence-corrected chi connectivity index (χ2v) is 8.13. The summed E-state index contributed by atoms with van der Waals surface area (Å²) in [6.45, 7) is 13.2. The topological polar surface area (TPSA) is 38.8 Å². The number of halogens is 2. The average molecular weight is 409 g/mol. The first kappa shape index (κ1) is 24.0. The van der Waals surface area contributed by atoms with Gasteiger partial charge < -0.3 is 10.2 Å². The number of piperazine rings is 1. The highest BCUT2D eigenvalue weighted by atomic mass is 35.5. The van der Waals surface area contributed by atoms with E-state index < -0.39 is 0 Å². The Bertz CT molecular complexity index is 402. The third-order valence-electron chi connectivity index (χ3n) is 6.46. The summed E-state index contributed by atoms with van der Waals surface area (Å²) in [5.74, 6) is 1.10. The molecule has 1 amide bonds. The number of likely N-dealkylation sites (tertiary alicyclic amines) is 1. The predicted molar refractivity (Wildman–Crippen MR) is 113 cm³/mol. The average Bonchev–Trinajstić information content (AvgIpc) is 3.22. The first-order valence-corrected chi connectivity index (χ1v) is 10.1. The SMILES string of the molecule is CC1CCC(C)N1CCN1CCN(C(=O)CCC2CCNC2)CC1.Cl.Cl. The van der Waals surface area contributed by atoms with Crippen molar-refractivity contribution in [3.8, 4) is 0 Å². The highest BCUT2D eigenvalue weighted by Crippen LogP contribution is 2.23. The van der Waals surface area contributed by atoms with E-state index in [1.54, 1.807) is 0 Å². The van der Waals surface area contributed by atoms with Gasteiger partial charge in [-0.05, 0) is 58.5 Å². The summed E-state index contributed by atoms with van der Waals surface area (Å²) >= 11 is 0. The maximum absolute atomic E-state index is 12.4. The molecule has 3 atom stereocenters. The molecular weight excluding hydrogens is 371 g/mol. The van der Waals surface area contributed by atoms with Gasteiger partial charge in [0, 0.05) is 57.8 Å². The molecule has 0 radical (unpaired) electrons. The van der Waals surface area contributed by atoms with Gasteiger partial charge in [-0.25, -0.2) is 0 Å². The fraction of sp³-hybridized carbons (Fsp3) is 0.947. The van der Waals surface area contributed by atoms with E-state index in [0.717, 1.165) is 76.7 Å². The largest absolute Gasteiger partial charge is 0.340 e. The minimum Gasteiger partial charge on any atom is -0.340 e. The Morgan fingerprint density at radius 3 is 2.19 bits per heavy atom. The van der Waals surface area contributed by atoms with E-state index in [9.17, 15) is 4.79 Å². The summed E-state index contributed by atoms with van der Waals surface area (Å²) in [5, 5.41) is 3.39. The molecule has 3 rings (SSSR count). The summed E-state index contributed by atoms with van der Waals surface area (Å²) in [5.41, 5.74) is 0. The molecule has 3 fully saturated rings. The molecule has 3 aliphatic heterocycles. The van der Waals surface area contributed by atoms with E-state index in [2.05, 4.69) is 33.9 Å². The zero-order valence-electron chi connectivity index (χ0n) is 16.5. The van der Waals surface area contributed by atoms with E-state index in [0.29, 0.717) is 5.91 Å². The third kappa shape index (κ3) is 6.52. The minimum atomic E-state index is 0. The second kappa shape index (κ2) is 11.7. The molecule has 5 nitrogen and oxygen atoms in total. The number of hydrogen-bond donors (Lipinski definition) is 1. The van der Waals surface area contributed by atoms with Crippen LogP contribution in [-0.4, -0.2) is 85.0 Å². The van der Waals surface area contributed by atoms with Crippen LogP contribution >= 0.6 is 24.8 Å². The Kier molecular flexibility index (Phi) is 10.8. The Labute approximate surface area is 172 Å². The van der Waals surface area contributed by atoms with Gasteiger partial charge in [0.15, 0.2) is 0 Å². The van der Waals surface area contributed by atoms with Crippen molar-refractivity contribution in [1.29, 1.82) is 0 Å². The lowest BCUT2D eigenvalue weighted by Gasteiger charge is -2.36. The normalized spacial score (nSPS) is 30.1. The van der Waals surface area contributed by atoms with E-state index in [1.165, 1.54) is 25.8 Å². The molecule has 0 bridgehead atoms. The molecule has 3 aliphatic rings. The van der Waals surface area contributed by atoms with Crippen LogP contribution in [0.2, 0.25) is 0 Å². The summed E-state index contributed by atoms with van der Waals surface area (Å²) in [7, 11) is 0. The predicted octanol–water partition coefficient (Wildman–Crippen LogP) is 2.24. The van der Waals surface area contributed by atoms with Crippen molar-refractivity contribution in [2.45, 2.75) is 58.0 Å². The fourth-order valence-electron chi connectivity index (χ4n) is 4.61. The van der Waals surface area contributed by atoms with Crippen LogP contribution in [0.15, 0.2) is 0 Å². The van der Waals surface area contributed by atoms with Crippen LogP contribution in [0.4, 0.5) is 0 Å². The van der Waals surface area contributed by atoms with Gasteiger partial charge in [-0.3, -0.25) is 14.6 Å². The minimum absolute atomic E-state index is 0. The van der Waals surface area contributed by atoms with Crippen molar-refractivity contribution in [2.24, 2.45) is 5.92 Å². The molecule has 0 aliphatic carbocycles. The zero-order valence-corrected chi connectivity index (χ0v) is 18.1. The van der Waals surface area contributed by atoms with E-state index in [-0.39, 0.29) is 24.8 Å². The molecule has 0 aromatic heterocycles. The number of nitrogens with zero attached hydrogens (tertiary/aromatic N) is 3. The van der Waals surface area contributed by atoms with Crippen LogP contribution in [0.25, 0.3) is 0 Å². The number of amides is 1. The number of carbonyl (C=O) groups is 1.